The summed E-state index contributed by atoms with van der Waals surface area (Å²) >= 11 is 0. The third kappa shape index (κ3) is 3.01. The molecule has 3 nitrogen and oxygen atoms in total. The molecule has 0 radical (unpaired) electrons. The van der Waals surface area contributed by atoms with Crippen molar-refractivity contribution in [1.82, 2.24) is 4.98 Å². The number of pyridine rings is 1. The molecule has 2 rings (SSSR count). The van der Waals surface area contributed by atoms with E-state index in [0.717, 1.165) is 29.5 Å². The number of benzene rings is 1. The lowest BCUT2D eigenvalue weighted by Crippen LogP contribution is -2.05. The molecular weight excluding hydrogens is 269 g/mol. The molecule has 20 heavy (non-hydrogen) atoms. The van der Waals surface area contributed by atoms with Gasteiger partial charge in [0.2, 0.25) is 5.88 Å². The predicted octanol–water partition coefficient (Wildman–Crippen LogP) is 4.09. The fraction of sp³-hybridized carbons (Fsp3) is 0.214. The minimum absolute atomic E-state index is 0.105. The molecule has 0 fully saturated rings. The molecule has 2 N–H and O–H groups in total. The van der Waals surface area contributed by atoms with E-state index in [-0.39, 0.29) is 5.88 Å². The van der Waals surface area contributed by atoms with Gasteiger partial charge in [0.25, 0.3) is 0 Å². The Bertz CT molecular complexity index is 639. The Kier molecular flexibility index (Phi) is 3.57. The molecule has 0 atom stereocenters. The summed E-state index contributed by atoms with van der Waals surface area (Å²) in [5, 5.41) is 0. The van der Waals surface area contributed by atoms with Crippen molar-refractivity contribution < 1.29 is 17.9 Å². The first-order valence-corrected chi connectivity index (χ1v) is 5.85. The van der Waals surface area contributed by atoms with Gasteiger partial charge in [0.05, 0.1) is 5.56 Å². The lowest BCUT2D eigenvalue weighted by Gasteiger charge is -2.12. The van der Waals surface area contributed by atoms with Crippen LogP contribution in [0.4, 0.5) is 18.9 Å². The first-order chi connectivity index (χ1) is 9.27. The lowest BCUT2D eigenvalue weighted by atomic mass is 10.1. The lowest BCUT2D eigenvalue weighted by molar-refractivity contribution is -0.137. The van der Waals surface area contributed by atoms with Gasteiger partial charge in [-0.05, 0) is 43.2 Å². The standard InChI is InChI=1S/C14H13F3N2O/c1-8-6-12(9(2)5-11(8)18)20-13-7-10(3-4-19-13)14(15,16)17/h3-7H,18H2,1-2H3. The van der Waals surface area contributed by atoms with Crippen molar-refractivity contribution in [2.45, 2.75) is 20.0 Å². The molecule has 0 saturated heterocycles. The van der Waals surface area contributed by atoms with E-state index in [1.54, 1.807) is 26.0 Å². The van der Waals surface area contributed by atoms with Crippen molar-refractivity contribution in [2.75, 3.05) is 5.73 Å². The summed E-state index contributed by atoms with van der Waals surface area (Å²) in [6.45, 7) is 3.56. The largest absolute Gasteiger partial charge is 0.439 e. The highest BCUT2D eigenvalue weighted by molar-refractivity contribution is 5.54. The van der Waals surface area contributed by atoms with Crippen LogP contribution in [-0.2, 0) is 6.18 Å². The number of ether oxygens (including phenoxy) is 1. The second-order valence-corrected chi connectivity index (χ2v) is 4.46. The molecule has 0 aliphatic heterocycles. The van der Waals surface area contributed by atoms with Gasteiger partial charge in [-0.25, -0.2) is 4.98 Å². The monoisotopic (exact) mass is 282 g/mol. The number of rotatable bonds is 2. The number of alkyl halides is 3. The van der Waals surface area contributed by atoms with E-state index in [9.17, 15) is 13.2 Å². The van der Waals surface area contributed by atoms with Gasteiger partial charge in [-0.3, -0.25) is 0 Å². The second-order valence-electron chi connectivity index (χ2n) is 4.46. The van der Waals surface area contributed by atoms with Gasteiger partial charge < -0.3 is 10.5 Å². The maximum absolute atomic E-state index is 12.6. The van der Waals surface area contributed by atoms with Crippen molar-refractivity contribution >= 4 is 5.69 Å². The molecule has 1 aromatic heterocycles. The second kappa shape index (κ2) is 5.03. The van der Waals surface area contributed by atoms with Crippen LogP contribution in [0.2, 0.25) is 0 Å². The van der Waals surface area contributed by atoms with Crippen LogP contribution < -0.4 is 10.5 Å². The highest BCUT2D eigenvalue weighted by Crippen LogP contribution is 2.33. The number of halogens is 3. The van der Waals surface area contributed by atoms with E-state index < -0.39 is 11.7 Å². The highest BCUT2D eigenvalue weighted by atomic mass is 19.4. The molecule has 0 unspecified atom stereocenters. The Hall–Kier alpha value is -2.24. The van der Waals surface area contributed by atoms with Crippen molar-refractivity contribution in [2.24, 2.45) is 0 Å². The summed E-state index contributed by atoms with van der Waals surface area (Å²) in [5.74, 6) is 0.329. The molecule has 6 heteroatoms. The summed E-state index contributed by atoms with van der Waals surface area (Å²) in [4.78, 5) is 3.79. The Morgan fingerprint density at radius 2 is 1.80 bits per heavy atom. The zero-order valence-corrected chi connectivity index (χ0v) is 11.0. The van der Waals surface area contributed by atoms with E-state index in [2.05, 4.69) is 4.98 Å². The third-order valence-electron chi connectivity index (χ3n) is 2.84. The zero-order chi connectivity index (χ0) is 14.9. The fourth-order valence-corrected chi connectivity index (χ4v) is 1.68. The number of nitrogens with two attached hydrogens (primary N) is 1. The molecule has 106 valence electrons. The summed E-state index contributed by atoms with van der Waals surface area (Å²) in [6.07, 6.45) is -3.36. The highest BCUT2D eigenvalue weighted by Gasteiger charge is 2.31. The number of hydrogen-bond donors (Lipinski definition) is 1. The first-order valence-electron chi connectivity index (χ1n) is 5.85. The van der Waals surface area contributed by atoms with Crippen LogP contribution in [0, 0.1) is 13.8 Å². The number of aryl methyl sites for hydroxylation is 2. The van der Waals surface area contributed by atoms with Gasteiger partial charge in [0.15, 0.2) is 0 Å². The molecule has 1 aromatic carbocycles. The van der Waals surface area contributed by atoms with E-state index >= 15 is 0 Å². The Labute approximate surface area is 114 Å². The van der Waals surface area contributed by atoms with Crippen LogP contribution in [-0.4, -0.2) is 4.98 Å². The molecular formula is C14H13F3N2O. The third-order valence-corrected chi connectivity index (χ3v) is 2.84. The molecule has 0 aliphatic rings. The Balaban J connectivity index is 2.33. The summed E-state index contributed by atoms with van der Waals surface area (Å²) in [5.41, 5.74) is 7.07. The van der Waals surface area contributed by atoms with E-state index in [1.165, 1.54) is 0 Å². The normalized spacial score (nSPS) is 11.4. The fourth-order valence-electron chi connectivity index (χ4n) is 1.68. The molecule has 1 heterocycles. The number of nitrogens with zero attached hydrogens (tertiary/aromatic N) is 1. The smallest absolute Gasteiger partial charge is 0.416 e. The van der Waals surface area contributed by atoms with Crippen molar-refractivity contribution in [3.8, 4) is 11.6 Å². The molecule has 0 saturated carbocycles. The van der Waals surface area contributed by atoms with Crippen LogP contribution in [0.25, 0.3) is 0 Å². The van der Waals surface area contributed by atoms with Crippen LogP contribution in [0.5, 0.6) is 11.6 Å². The van der Waals surface area contributed by atoms with E-state index in [1.807, 2.05) is 0 Å². The Morgan fingerprint density at radius 1 is 1.10 bits per heavy atom. The number of hydrogen-bond acceptors (Lipinski definition) is 3. The van der Waals surface area contributed by atoms with Gasteiger partial charge in [0.1, 0.15) is 5.75 Å². The van der Waals surface area contributed by atoms with Gasteiger partial charge >= 0.3 is 6.18 Å². The summed E-state index contributed by atoms with van der Waals surface area (Å²) < 4.78 is 43.2. The van der Waals surface area contributed by atoms with E-state index in [0.29, 0.717) is 11.4 Å². The number of anilines is 1. The van der Waals surface area contributed by atoms with Gasteiger partial charge in [-0.15, -0.1) is 0 Å². The topological polar surface area (TPSA) is 48.1 Å². The van der Waals surface area contributed by atoms with Crippen molar-refractivity contribution in [1.29, 1.82) is 0 Å². The minimum atomic E-state index is -4.42. The van der Waals surface area contributed by atoms with Gasteiger partial charge in [-0.2, -0.15) is 13.2 Å². The molecule has 2 aromatic rings. The van der Waals surface area contributed by atoms with Crippen LogP contribution in [0.15, 0.2) is 30.5 Å². The SMILES string of the molecule is Cc1cc(Oc2cc(C(F)(F)F)ccn2)c(C)cc1N. The maximum Gasteiger partial charge on any atom is 0.416 e. The first kappa shape index (κ1) is 14.2. The number of aromatic nitrogens is 1. The average molecular weight is 282 g/mol. The summed E-state index contributed by atoms with van der Waals surface area (Å²) in [7, 11) is 0. The molecule has 0 spiro atoms. The quantitative estimate of drug-likeness (QED) is 0.844. The minimum Gasteiger partial charge on any atom is -0.439 e. The summed E-state index contributed by atoms with van der Waals surface area (Å²) in [6, 6.07) is 5.14. The van der Waals surface area contributed by atoms with Crippen LogP contribution in [0.3, 0.4) is 0 Å². The van der Waals surface area contributed by atoms with Gasteiger partial charge in [-0.1, -0.05) is 0 Å². The van der Waals surface area contributed by atoms with Crippen molar-refractivity contribution in [3.05, 3.63) is 47.2 Å². The molecule has 0 aliphatic carbocycles. The average Bonchev–Trinajstić information content (AvgIpc) is 2.35. The zero-order valence-electron chi connectivity index (χ0n) is 11.0. The van der Waals surface area contributed by atoms with Gasteiger partial charge in [0, 0.05) is 18.0 Å². The van der Waals surface area contributed by atoms with Crippen molar-refractivity contribution in [3.63, 3.8) is 0 Å². The van der Waals surface area contributed by atoms with Crippen LogP contribution in [0.1, 0.15) is 16.7 Å². The Morgan fingerprint density at radius 3 is 2.45 bits per heavy atom. The molecule has 0 amide bonds. The predicted molar refractivity (Wildman–Crippen MR) is 69.6 cm³/mol. The van der Waals surface area contributed by atoms with Crippen LogP contribution >= 0.6 is 0 Å². The molecule has 0 bridgehead atoms. The number of nitrogen functional groups attached to an aromatic ring is 1. The maximum atomic E-state index is 12.6. The van der Waals surface area contributed by atoms with E-state index in [4.69, 9.17) is 10.5 Å².